The normalized spacial score (nSPS) is 15.1. The van der Waals surface area contributed by atoms with Crippen LogP contribution in [0, 0.1) is 0 Å². The second-order valence-corrected chi connectivity index (χ2v) is 5.62. The van der Waals surface area contributed by atoms with E-state index >= 15 is 0 Å². The molecule has 0 radical (unpaired) electrons. The monoisotopic (exact) mass is 396 g/mol. The van der Waals surface area contributed by atoms with Gasteiger partial charge in [0.2, 0.25) is 5.54 Å². The fraction of sp³-hybridized carbons (Fsp3) is 0.222. The first-order valence-electron chi connectivity index (χ1n) is 7.88. The van der Waals surface area contributed by atoms with Gasteiger partial charge in [-0.2, -0.15) is 10.2 Å². The van der Waals surface area contributed by atoms with E-state index in [1.54, 1.807) is 18.2 Å². The van der Waals surface area contributed by atoms with Crippen LogP contribution >= 0.6 is 0 Å². The fourth-order valence-corrected chi connectivity index (χ4v) is 2.53. The molecular weight excluding hydrogens is 381 g/mol. The van der Waals surface area contributed by atoms with Gasteiger partial charge in [0.15, 0.2) is 0 Å². The molecule has 7 nitrogen and oxygen atoms in total. The largest absolute Gasteiger partial charge is 0.522 e. The van der Waals surface area contributed by atoms with Crippen molar-refractivity contribution in [1.82, 2.24) is 0 Å². The molecular formula is C18H15F3N2O5. The van der Waals surface area contributed by atoms with Crippen LogP contribution < -0.4 is 0 Å². The van der Waals surface area contributed by atoms with Gasteiger partial charge in [-0.25, -0.2) is 4.79 Å². The van der Waals surface area contributed by atoms with Gasteiger partial charge in [-0.15, -0.1) is 13.2 Å². The minimum Gasteiger partial charge on any atom is -0.481 e. The van der Waals surface area contributed by atoms with Crippen LogP contribution in [0.25, 0.3) is 0 Å². The van der Waals surface area contributed by atoms with E-state index < -0.39 is 36.4 Å². The summed E-state index contributed by atoms with van der Waals surface area (Å²) in [7, 11) is 0. The van der Waals surface area contributed by atoms with E-state index in [0.717, 1.165) is 0 Å². The quantitative estimate of drug-likeness (QED) is 0.652. The lowest BCUT2D eigenvalue weighted by atomic mass is 9.83. The maximum absolute atomic E-state index is 12.9. The molecule has 28 heavy (non-hydrogen) atoms. The van der Waals surface area contributed by atoms with E-state index in [4.69, 9.17) is 5.11 Å². The standard InChI is InChI=1S/C18H15F3N2O5/c19-18(20,21)28-14(11-15(24)25)17(16(26)27,12-7-3-1-4-8-12)23-22-13-9-5-2-6-10-13/h1-10,14H,11H2,(H,24,25)(H,26,27). The average molecular weight is 396 g/mol. The van der Waals surface area contributed by atoms with Gasteiger partial charge in [0.25, 0.3) is 0 Å². The lowest BCUT2D eigenvalue weighted by Crippen LogP contribution is -2.49. The van der Waals surface area contributed by atoms with Crippen LogP contribution in [-0.2, 0) is 19.9 Å². The topological polar surface area (TPSA) is 109 Å². The van der Waals surface area contributed by atoms with Gasteiger partial charge in [0.05, 0.1) is 12.1 Å². The van der Waals surface area contributed by atoms with Crippen LogP contribution in [0.2, 0.25) is 0 Å². The third-order valence-corrected chi connectivity index (χ3v) is 3.72. The Hall–Kier alpha value is -3.27. The Bertz CT molecular complexity index is 843. The lowest BCUT2D eigenvalue weighted by Gasteiger charge is -2.32. The van der Waals surface area contributed by atoms with Crippen LogP contribution in [0.3, 0.4) is 0 Å². The summed E-state index contributed by atoms with van der Waals surface area (Å²) in [5.74, 6) is -3.53. The zero-order chi connectivity index (χ0) is 20.8. The van der Waals surface area contributed by atoms with Crippen molar-refractivity contribution in [3.8, 4) is 0 Å². The third kappa shape index (κ3) is 5.13. The van der Waals surface area contributed by atoms with E-state index in [0.29, 0.717) is 0 Å². The van der Waals surface area contributed by atoms with Crippen molar-refractivity contribution in [3.63, 3.8) is 0 Å². The van der Waals surface area contributed by atoms with Gasteiger partial charge < -0.3 is 10.2 Å². The molecule has 0 saturated carbocycles. The van der Waals surface area contributed by atoms with Crippen molar-refractivity contribution in [1.29, 1.82) is 0 Å². The maximum atomic E-state index is 12.9. The summed E-state index contributed by atoms with van der Waals surface area (Å²) >= 11 is 0. The summed E-state index contributed by atoms with van der Waals surface area (Å²) in [6.07, 6.45) is -8.97. The first kappa shape index (κ1) is 21.0. The van der Waals surface area contributed by atoms with E-state index in [2.05, 4.69) is 15.0 Å². The first-order chi connectivity index (χ1) is 13.1. The van der Waals surface area contributed by atoms with Crippen molar-refractivity contribution < 1.29 is 37.7 Å². The number of halogens is 3. The maximum Gasteiger partial charge on any atom is 0.522 e. The van der Waals surface area contributed by atoms with Crippen molar-refractivity contribution in [2.75, 3.05) is 0 Å². The second-order valence-electron chi connectivity index (χ2n) is 5.62. The smallest absolute Gasteiger partial charge is 0.481 e. The van der Waals surface area contributed by atoms with Gasteiger partial charge in [-0.1, -0.05) is 48.5 Å². The molecule has 2 aromatic rings. The van der Waals surface area contributed by atoms with Gasteiger partial charge >= 0.3 is 18.3 Å². The molecule has 2 N–H and O–H groups in total. The molecule has 0 saturated heterocycles. The van der Waals surface area contributed by atoms with Gasteiger partial charge in [0, 0.05) is 0 Å². The number of azo groups is 1. The van der Waals surface area contributed by atoms with Crippen molar-refractivity contribution in [2.24, 2.45) is 10.2 Å². The zero-order valence-electron chi connectivity index (χ0n) is 14.2. The number of nitrogens with zero attached hydrogens (tertiary/aromatic N) is 2. The number of carboxylic acids is 2. The summed E-state index contributed by atoms with van der Waals surface area (Å²) in [5.41, 5.74) is -2.78. The number of hydrogen-bond acceptors (Lipinski definition) is 5. The summed E-state index contributed by atoms with van der Waals surface area (Å²) < 4.78 is 42.7. The number of alkyl halides is 3. The molecule has 0 aliphatic heterocycles. The van der Waals surface area contributed by atoms with Crippen molar-refractivity contribution in [3.05, 3.63) is 66.2 Å². The first-order valence-corrected chi connectivity index (χ1v) is 7.88. The average Bonchev–Trinajstić information content (AvgIpc) is 2.62. The van der Waals surface area contributed by atoms with Crippen LogP contribution in [-0.4, -0.2) is 34.6 Å². The highest BCUT2D eigenvalue weighted by Gasteiger charge is 2.54. The molecule has 10 heteroatoms. The number of benzene rings is 2. The molecule has 0 aliphatic rings. The van der Waals surface area contributed by atoms with E-state index in [1.165, 1.54) is 42.5 Å². The Morgan fingerprint density at radius 2 is 1.50 bits per heavy atom. The Balaban J connectivity index is 2.68. The summed E-state index contributed by atoms with van der Waals surface area (Å²) in [5, 5.41) is 26.3. The molecule has 0 amide bonds. The number of hydrogen-bond donors (Lipinski definition) is 2. The van der Waals surface area contributed by atoms with E-state index in [1.807, 2.05) is 0 Å². The molecule has 0 aliphatic carbocycles. The predicted octanol–water partition coefficient (Wildman–Crippen LogP) is 4.13. The van der Waals surface area contributed by atoms with Crippen LogP contribution in [0.1, 0.15) is 12.0 Å². The number of aliphatic carboxylic acids is 2. The minimum atomic E-state index is -5.29. The van der Waals surface area contributed by atoms with Gasteiger partial charge in [0.1, 0.15) is 6.10 Å². The highest BCUT2D eigenvalue weighted by atomic mass is 19.4. The molecule has 2 aromatic carbocycles. The molecule has 0 spiro atoms. The van der Waals surface area contributed by atoms with Crippen molar-refractivity contribution >= 4 is 17.6 Å². The predicted molar refractivity (Wildman–Crippen MR) is 89.9 cm³/mol. The van der Waals surface area contributed by atoms with Crippen LogP contribution in [0.5, 0.6) is 0 Å². The van der Waals surface area contributed by atoms with Gasteiger partial charge in [-0.05, 0) is 17.7 Å². The lowest BCUT2D eigenvalue weighted by molar-refractivity contribution is -0.349. The molecule has 0 heterocycles. The minimum absolute atomic E-state index is 0.171. The number of rotatable bonds is 8. The summed E-state index contributed by atoms with van der Waals surface area (Å²) in [4.78, 5) is 23.3. The molecule has 0 fully saturated rings. The molecule has 2 atom stereocenters. The molecule has 2 rings (SSSR count). The summed E-state index contributed by atoms with van der Waals surface area (Å²) in [6, 6.07) is 14.4. The molecule has 0 bridgehead atoms. The highest BCUT2D eigenvalue weighted by Crippen LogP contribution is 2.38. The van der Waals surface area contributed by atoms with Crippen LogP contribution in [0.15, 0.2) is 70.9 Å². The van der Waals surface area contributed by atoms with Crippen molar-refractivity contribution in [2.45, 2.75) is 24.4 Å². The SMILES string of the molecule is O=C(O)CC(OC(F)(F)F)C(N=Nc1ccccc1)(C(=O)O)c1ccccc1. The van der Waals surface area contributed by atoms with E-state index in [9.17, 15) is 27.9 Å². The Labute approximate surface area is 157 Å². The second kappa shape index (κ2) is 8.61. The number of carbonyl (C=O) groups is 2. The Kier molecular flexibility index (Phi) is 6.47. The van der Waals surface area contributed by atoms with Crippen LogP contribution in [0.4, 0.5) is 18.9 Å². The summed E-state index contributed by atoms with van der Waals surface area (Å²) in [6.45, 7) is 0. The van der Waals surface area contributed by atoms with Gasteiger partial charge in [-0.3, -0.25) is 9.53 Å². The number of ether oxygens (including phenoxy) is 1. The molecule has 0 aromatic heterocycles. The molecule has 148 valence electrons. The zero-order valence-corrected chi connectivity index (χ0v) is 14.2. The van der Waals surface area contributed by atoms with E-state index in [-0.39, 0.29) is 11.3 Å². The molecule has 2 unspecified atom stereocenters. The Morgan fingerprint density at radius 1 is 0.964 bits per heavy atom. The fourth-order valence-electron chi connectivity index (χ4n) is 2.53. The number of carboxylic acid groups (broad SMARTS) is 2. The highest BCUT2D eigenvalue weighted by molar-refractivity contribution is 5.83. The Morgan fingerprint density at radius 3 is 1.96 bits per heavy atom. The third-order valence-electron chi connectivity index (χ3n) is 3.72.